The summed E-state index contributed by atoms with van der Waals surface area (Å²) in [7, 11) is -3.28. The predicted octanol–water partition coefficient (Wildman–Crippen LogP) is 4.37. The lowest BCUT2D eigenvalue weighted by Crippen LogP contribution is -1.95. The van der Waals surface area contributed by atoms with Crippen molar-refractivity contribution in [3.05, 3.63) is 54.1 Å². The molecule has 5 aromatic rings. The van der Waals surface area contributed by atoms with Crippen molar-refractivity contribution in [1.29, 1.82) is 0 Å². The van der Waals surface area contributed by atoms with Gasteiger partial charge in [-0.05, 0) is 42.8 Å². The van der Waals surface area contributed by atoms with Gasteiger partial charge < -0.3 is 14.3 Å². The third-order valence-corrected chi connectivity index (χ3v) is 5.75. The molecule has 5 rings (SSSR count). The van der Waals surface area contributed by atoms with Gasteiger partial charge in [0.1, 0.15) is 11.2 Å². The normalized spacial score (nSPS) is 12.2. The molecule has 0 saturated heterocycles. The fourth-order valence-electron chi connectivity index (χ4n) is 3.39. The molecule has 2 heterocycles. The van der Waals surface area contributed by atoms with Gasteiger partial charge >= 0.3 is 0 Å². The highest BCUT2D eigenvalue weighted by Gasteiger charge is 2.17. The van der Waals surface area contributed by atoms with Crippen LogP contribution in [0.4, 0.5) is 0 Å². The van der Waals surface area contributed by atoms with E-state index in [1.165, 1.54) is 6.26 Å². The molecule has 0 amide bonds. The molecule has 0 unspecified atom stereocenters. The number of fused-ring (bicyclic) bond motifs is 7. The first kappa shape index (κ1) is 16.6. The molecular formula is C20H16O5S. The van der Waals surface area contributed by atoms with Gasteiger partial charge in [-0.3, -0.25) is 0 Å². The Labute approximate surface area is 149 Å². The lowest BCUT2D eigenvalue weighted by molar-refractivity contribution is 0.601. The molecule has 3 aromatic carbocycles. The van der Waals surface area contributed by atoms with Gasteiger partial charge in [0.15, 0.2) is 21.0 Å². The van der Waals surface area contributed by atoms with E-state index < -0.39 is 9.84 Å². The van der Waals surface area contributed by atoms with Crippen LogP contribution in [-0.2, 0) is 9.84 Å². The third-order valence-electron chi connectivity index (χ3n) is 4.63. The lowest BCUT2D eigenvalue weighted by atomic mass is 10.1. The average Bonchev–Trinajstić information content (AvgIpc) is 3.10. The van der Waals surface area contributed by atoms with E-state index in [9.17, 15) is 8.42 Å². The number of hydrogen-bond acceptors (Lipinski definition) is 4. The average molecular weight is 368 g/mol. The first-order valence-corrected chi connectivity index (χ1v) is 9.79. The van der Waals surface area contributed by atoms with Crippen molar-refractivity contribution in [3.8, 4) is 0 Å². The van der Waals surface area contributed by atoms with E-state index in [-0.39, 0.29) is 10.4 Å². The summed E-state index contributed by atoms with van der Waals surface area (Å²) in [5.41, 5.74) is 3.83. The summed E-state index contributed by atoms with van der Waals surface area (Å²) in [6.45, 7) is 2.02. The van der Waals surface area contributed by atoms with E-state index in [1.807, 2.05) is 31.2 Å². The molecule has 0 aliphatic heterocycles. The minimum atomic E-state index is -3.28. The summed E-state index contributed by atoms with van der Waals surface area (Å²) in [6, 6.07) is 15.1. The van der Waals surface area contributed by atoms with Crippen molar-refractivity contribution < 1.29 is 22.7 Å². The van der Waals surface area contributed by atoms with Crippen LogP contribution in [0.2, 0.25) is 0 Å². The highest BCUT2D eigenvalue weighted by Crippen LogP contribution is 2.39. The number of hydrogen-bond donors (Lipinski definition) is 0. The van der Waals surface area contributed by atoms with Crippen LogP contribution >= 0.6 is 0 Å². The first-order valence-electron chi connectivity index (χ1n) is 7.90. The molecule has 132 valence electrons. The highest BCUT2D eigenvalue weighted by molar-refractivity contribution is 7.90. The predicted molar refractivity (Wildman–Crippen MR) is 102 cm³/mol. The van der Waals surface area contributed by atoms with Gasteiger partial charge in [0.2, 0.25) is 0 Å². The van der Waals surface area contributed by atoms with Crippen molar-refractivity contribution in [3.63, 3.8) is 0 Å². The van der Waals surface area contributed by atoms with Gasteiger partial charge in [0.25, 0.3) is 0 Å². The van der Waals surface area contributed by atoms with E-state index in [2.05, 4.69) is 6.07 Å². The van der Waals surface area contributed by atoms with E-state index in [0.717, 1.165) is 32.7 Å². The highest BCUT2D eigenvalue weighted by atomic mass is 32.2. The van der Waals surface area contributed by atoms with Crippen LogP contribution in [0.3, 0.4) is 0 Å². The van der Waals surface area contributed by atoms with Gasteiger partial charge in [-0.15, -0.1) is 0 Å². The molecule has 0 aliphatic rings. The second-order valence-corrected chi connectivity index (χ2v) is 8.47. The molecule has 0 spiro atoms. The standard InChI is InChI=1S/C20H14O4S.H2O/c1-11-3-5-13-15-7-8-16-14-6-4-12(25(2,21)22)10-18(14)24-20(16)19(15)23-17(13)9-11;/h3-10H,1-2H3;1H2. The van der Waals surface area contributed by atoms with Crippen LogP contribution in [0.15, 0.2) is 62.3 Å². The van der Waals surface area contributed by atoms with E-state index >= 15 is 0 Å². The first-order chi connectivity index (χ1) is 11.9. The van der Waals surface area contributed by atoms with Crippen LogP contribution in [0.1, 0.15) is 5.56 Å². The molecule has 0 radical (unpaired) electrons. The fraction of sp³-hybridized carbons (Fsp3) is 0.100. The SMILES string of the molecule is Cc1ccc2c(c1)oc1c2ccc2c3ccc(S(C)(=O)=O)cc3oc21.O. The van der Waals surface area contributed by atoms with Crippen LogP contribution < -0.4 is 0 Å². The minimum Gasteiger partial charge on any atom is -0.452 e. The number of furan rings is 2. The molecule has 0 atom stereocenters. The van der Waals surface area contributed by atoms with Crippen molar-refractivity contribution in [1.82, 2.24) is 0 Å². The lowest BCUT2D eigenvalue weighted by Gasteiger charge is -1.96. The molecule has 5 nitrogen and oxygen atoms in total. The maximum atomic E-state index is 11.8. The fourth-order valence-corrected chi connectivity index (χ4v) is 4.02. The molecular weight excluding hydrogens is 352 g/mol. The minimum absolute atomic E-state index is 0. The van der Waals surface area contributed by atoms with Crippen LogP contribution in [0.25, 0.3) is 43.9 Å². The Balaban J connectivity index is 0.00000168. The van der Waals surface area contributed by atoms with E-state index in [4.69, 9.17) is 8.83 Å². The van der Waals surface area contributed by atoms with Gasteiger partial charge in [0.05, 0.1) is 4.90 Å². The Morgan fingerprint density at radius 2 is 1.23 bits per heavy atom. The summed E-state index contributed by atoms with van der Waals surface area (Å²) in [5, 5.41) is 3.82. The summed E-state index contributed by atoms with van der Waals surface area (Å²) in [6.07, 6.45) is 1.19. The van der Waals surface area contributed by atoms with E-state index in [1.54, 1.807) is 18.2 Å². The summed E-state index contributed by atoms with van der Waals surface area (Å²) < 4.78 is 35.7. The number of rotatable bonds is 1. The molecule has 0 saturated carbocycles. The largest absolute Gasteiger partial charge is 0.452 e. The Kier molecular flexibility index (Phi) is 3.41. The van der Waals surface area contributed by atoms with Crippen molar-refractivity contribution in [2.24, 2.45) is 0 Å². The maximum absolute atomic E-state index is 11.8. The number of sulfone groups is 1. The van der Waals surface area contributed by atoms with Gasteiger partial charge in [-0.2, -0.15) is 0 Å². The summed E-state index contributed by atoms with van der Waals surface area (Å²) in [5.74, 6) is 0. The monoisotopic (exact) mass is 368 g/mol. The molecule has 26 heavy (non-hydrogen) atoms. The maximum Gasteiger partial charge on any atom is 0.178 e. The second-order valence-electron chi connectivity index (χ2n) is 6.45. The smallest absolute Gasteiger partial charge is 0.178 e. The van der Waals surface area contributed by atoms with Crippen LogP contribution in [0.5, 0.6) is 0 Å². The number of aryl methyl sites for hydroxylation is 1. The van der Waals surface area contributed by atoms with Crippen molar-refractivity contribution >= 4 is 53.7 Å². The second kappa shape index (κ2) is 5.33. The summed E-state index contributed by atoms with van der Waals surface area (Å²) in [4.78, 5) is 0.246. The topological polar surface area (TPSA) is 91.9 Å². The van der Waals surface area contributed by atoms with Crippen LogP contribution in [-0.4, -0.2) is 20.1 Å². The zero-order valence-corrected chi connectivity index (χ0v) is 15.0. The quantitative estimate of drug-likeness (QED) is 0.439. The zero-order chi connectivity index (χ0) is 17.3. The molecule has 6 heteroatoms. The Morgan fingerprint density at radius 1 is 0.731 bits per heavy atom. The molecule has 0 bridgehead atoms. The van der Waals surface area contributed by atoms with Crippen LogP contribution in [0, 0.1) is 6.92 Å². The molecule has 2 N–H and O–H groups in total. The van der Waals surface area contributed by atoms with Gasteiger partial charge in [-0.1, -0.05) is 12.1 Å². The van der Waals surface area contributed by atoms with Gasteiger partial charge in [0, 0.05) is 33.9 Å². The third kappa shape index (κ3) is 2.23. The van der Waals surface area contributed by atoms with Crippen molar-refractivity contribution in [2.75, 3.05) is 6.26 Å². The zero-order valence-electron chi connectivity index (χ0n) is 14.2. The Morgan fingerprint density at radius 3 is 1.81 bits per heavy atom. The van der Waals surface area contributed by atoms with E-state index in [0.29, 0.717) is 16.7 Å². The molecule has 0 fully saturated rings. The Bertz CT molecular complexity index is 1420. The van der Waals surface area contributed by atoms with Gasteiger partial charge in [-0.25, -0.2) is 8.42 Å². The summed E-state index contributed by atoms with van der Waals surface area (Å²) >= 11 is 0. The Hall–Kier alpha value is -2.83. The number of benzene rings is 3. The molecule has 0 aliphatic carbocycles. The van der Waals surface area contributed by atoms with Crippen molar-refractivity contribution in [2.45, 2.75) is 11.8 Å². The molecule has 2 aromatic heterocycles.